The number of ether oxygens (including phenoxy) is 1. The summed E-state index contributed by atoms with van der Waals surface area (Å²) < 4.78 is 9.39. The van der Waals surface area contributed by atoms with Crippen molar-refractivity contribution in [1.82, 2.24) is 4.57 Å². The first kappa shape index (κ1) is 25.7. The first-order chi connectivity index (χ1) is 19.5. The lowest BCUT2D eigenvalue weighted by molar-refractivity contribution is 0.304. The molecule has 198 valence electrons. The van der Waals surface area contributed by atoms with Gasteiger partial charge in [0.1, 0.15) is 12.4 Å². The predicted octanol–water partition coefficient (Wildman–Crippen LogP) is 7.38. The molecule has 1 atom stereocenters. The zero-order valence-electron chi connectivity index (χ0n) is 21.1. The Morgan fingerprint density at radius 2 is 1.90 bits per heavy atom. The van der Waals surface area contributed by atoms with Gasteiger partial charge in [-0.1, -0.05) is 71.5 Å². The van der Waals surface area contributed by atoms with Gasteiger partial charge in [-0.3, -0.25) is 9.36 Å². The maximum atomic E-state index is 13.9. The van der Waals surface area contributed by atoms with E-state index in [1.807, 2.05) is 53.1 Å². The predicted molar refractivity (Wildman–Crippen MR) is 167 cm³/mol. The van der Waals surface area contributed by atoms with E-state index in [1.54, 1.807) is 11.3 Å². The lowest BCUT2D eigenvalue weighted by Crippen LogP contribution is -2.38. The van der Waals surface area contributed by atoms with Crippen molar-refractivity contribution in [1.29, 1.82) is 0 Å². The third kappa shape index (κ3) is 4.71. The summed E-state index contributed by atoms with van der Waals surface area (Å²) in [6, 6.07) is 26.0. The molecule has 0 radical (unpaired) electrons. The van der Waals surface area contributed by atoms with Crippen molar-refractivity contribution < 1.29 is 4.74 Å². The van der Waals surface area contributed by atoms with Crippen LogP contribution in [0, 0.1) is 0 Å². The third-order valence-corrected chi connectivity index (χ3v) is 10.0. The van der Waals surface area contributed by atoms with E-state index in [0.717, 1.165) is 44.7 Å². The zero-order chi connectivity index (χ0) is 27.2. The Hall–Kier alpha value is -3.23. The first-order valence-corrected chi connectivity index (χ1v) is 15.8. The van der Waals surface area contributed by atoms with Gasteiger partial charge in [0.25, 0.3) is 5.56 Å². The maximum absolute atomic E-state index is 13.9. The molecule has 0 spiro atoms. The molecule has 0 unspecified atom stereocenters. The van der Waals surface area contributed by atoms with Gasteiger partial charge in [-0.25, -0.2) is 4.99 Å². The smallest absolute Gasteiger partial charge is 0.271 e. The number of hydrogen-bond donors (Lipinski definition) is 0. The molecule has 0 amide bonds. The van der Waals surface area contributed by atoms with Gasteiger partial charge in [-0.15, -0.1) is 11.3 Å². The van der Waals surface area contributed by atoms with Crippen LogP contribution in [0.4, 0.5) is 0 Å². The Balaban J connectivity index is 1.27. The third-order valence-electron chi connectivity index (χ3n) is 7.25. The molecular formula is C32H22BrClN2O2S2. The summed E-state index contributed by atoms with van der Waals surface area (Å²) in [5.41, 5.74) is 6.69. The van der Waals surface area contributed by atoms with E-state index in [9.17, 15) is 4.79 Å². The highest BCUT2D eigenvalue weighted by Gasteiger charge is 2.33. The van der Waals surface area contributed by atoms with Crippen LogP contribution >= 0.6 is 50.2 Å². The van der Waals surface area contributed by atoms with Crippen molar-refractivity contribution in [2.45, 2.75) is 25.5 Å². The molecule has 0 bridgehead atoms. The molecule has 1 aliphatic heterocycles. The number of benzene rings is 3. The number of allylic oxidation sites excluding steroid dienone is 1. The molecule has 40 heavy (non-hydrogen) atoms. The monoisotopic (exact) mass is 644 g/mol. The number of rotatable bonds is 5. The van der Waals surface area contributed by atoms with Gasteiger partial charge in [0.05, 0.1) is 20.7 Å². The van der Waals surface area contributed by atoms with Gasteiger partial charge in [0.15, 0.2) is 4.80 Å². The van der Waals surface area contributed by atoms with Crippen molar-refractivity contribution in [3.8, 4) is 5.75 Å². The average molecular weight is 646 g/mol. The fourth-order valence-corrected chi connectivity index (χ4v) is 7.82. The Bertz CT molecular complexity index is 1960. The maximum Gasteiger partial charge on any atom is 0.271 e. The normalized spacial score (nSPS) is 16.2. The summed E-state index contributed by atoms with van der Waals surface area (Å²) in [5.74, 6) is 0.734. The standard InChI is InChI=1S/C32H22BrClN2O2S2/c33-25-16-20(9-14-26(25)38-18-19-7-11-22(34)12-8-19)17-28-31(37)36-30(27-6-3-15-39-27)24-13-10-21-4-1-2-5-23(21)29(24)35-32(36)40-28/h1-9,11-12,14-17,30H,10,13,18H2/b28-17+/t30-/m1/s1. The van der Waals surface area contributed by atoms with Crippen molar-refractivity contribution in [3.63, 3.8) is 0 Å². The highest BCUT2D eigenvalue weighted by molar-refractivity contribution is 9.10. The summed E-state index contributed by atoms with van der Waals surface area (Å²) in [5, 5.41) is 2.78. The number of aryl methyl sites for hydroxylation is 1. The van der Waals surface area contributed by atoms with Gasteiger partial charge in [-0.05, 0) is 92.8 Å². The van der Waals surface area contributed by atoms with E-state index in [4.69, 9.17) is 21.3 Å². The molecule has 3 aromatic carbocycles. The van der Waals surface area contributed by atoms with Crippen LogP contribution in [0.1, 0.15) is 39.6 Å². The van der Waals surface area contributed by atoms with Crippen LogP contribution in [0.2, 0.25) is 5.02 Å². The lowest BCUT2D eigenvalue weighted by Gasteiger charge is -2.30. The van der Waals surface area contributed by atoms with E-state index in [2.05, 4.69) is 57.7 Å². The number of hydrogen-bond acceptors (Lipinski definition) is 5. The molecule has 2 aliphatic rings. The van der Waals surface area contributed by atoms with Gasteiger partial charge in [0.2, 0.25) is 0 Å². The number of aromatic nitrogens is 1. The van der Waals surface area contributed by atoms with E-state index in [-0.39, 0.29) is 11.6 Å². The second-order valence-corrected chi connectivity index (χ2v) is 13.0. The fourth-order valence-electron chi connectivity index (χ4n) is 5.33. The zero-order valence-corrected chi connectivity index (χ0v) is 25.1. The van der Waals surface area contributed by atoms with Crippen LogP contribution in [0.25, 0.3) is 11.8 Å². The fraction of sp³-hybridized carbons (Fsp3) is 0.125. The highest BCUT2D eigenvalue weighted by atomic mass is 79.9. The van der Waals surface area contributed by atoms with Gasteiger partial charge in [0, 0.05) is 15.5 Å². The molecule has 2 aromatic heterocycles. The topological polar surface area (TPSA) is 43.6 Å². The van der Waals surface area contributed by atoms with Crippen LogP contribution in [0.3, 0.4) is 0 Å². The van der Waals surface area contributed by atoms with E-state index >= 15 is 0 Å². The lowest BCUT2D eigenvalue weighted by atomic mass is 9.85. The molecule has 0 fully saturated rings. The van der Waals surface area contributed by atoms with Crippen LogP contribution in [-0.2, 0) is 13.0 Å². The van der Waals surface area contributed by atoms with E-state index in [0.29, 0.717) is 16.2 Å². The molecule has 4 nitrogen and oxygen atoms in total. The minimum absolute atomic E-state index is 0.00764. The summed E-state index contributed by atoms with van der Waals surface area (Å²) in [4.78, 5) is 20.9. The number of halogens is 2. The second-order valence-electron chi connectivity index (χ2n) is 9.73. The number of thiophene rings is 1. The highest BCUT2D eigenvalue weighted by Crippen LogP contribution is 2.42. The van der Waals surface area contributed by atoms with Crippen LogP contribution < -0.4 is 19.6 Å². The van der Waals surface area contributed by atoms with Crippen molar-refractivity contribution in [2.24, 2.45) is 4.99 Å². The molecule has 8 heteroatoms. The van der Waals surface area contributed by atoms with Crippen LogP contribution in [-0.4, -0.2) is 4.57 Å². The quantitative estimate of drug-likeness (QED) is 0.200. The Kier molecular flexibility index (Phi) is 6.84. The van der Waals surface area contributed by atoms with Crippen LogP contribution in [0.15, 0.2) is 104 Å². The summed E-state index contributed by atoms with van der Waals surface area (Å²) in [7, 11) is 0. The number of nitrogens with zero attached hydrogens (tertiary/aromatic N) is 2. The van der Waals surface area contributed by atoms with Crippen molar-refractivity contribution in [3.05, 3.63) is 146 Å². The number of fused-ring (bicyclic) bond motifs is 3. The Morgan fingerprint density at radius 1 is 1.05 bits per heavy atom. The summed E-state index contributed by atoms with van der Waals surface area (Å²) in [6.07, 6.45) is 3.80. The molecule has 0 N–H and O–H groups in total. The molecular weight excluding hydrogens is 624 g/mol. The molecule has 7 rings (SSSR count). The summed E-state index contributed by atoms with van der Waals surface area (Å²) in [6.45, 7) is 0.435. The average Bonchev–Trinajstić information content (AvgIpc) is 3.61. The second kappa shape index (κ2) is 10.6. The van der Waals surface area contributed by atoms with Crippen molar-refractivity contribution in [2.75, 3.05) is 0 Å². The SMILES string of the molecule is O=c1/c(=C\c2ccc(OCc3ccc(Cl)cc3)c(Br)c2)sc2n1[C@@H](c1cccs1)C1=C(N=2)c2ccccc2CC1. The Labute approximate surface area is 252 Å². The molecule has 1 aliphatic carbocycles. The molecule has 0 saturated carbocycles. The molecule has 3 heterocycles. The summed E-state index contributed by atoms with van der Waals surface area (Å²) >= 11 is 12.8. The molecule has 5 aromatic rings. The van der Waals surface area contributed by atoms with E-state index in [1.165, 1.54) is 32.9 Å². The van der Waals surface area contributed by atoms with E-state index < -0.39 is 0 Å². The molecule has 0 saturated heterocycles. The minimum atomic E-state index is -0.128. The Morgan fingerprint density at radius 3 is 2.70 bits per heavy atom. The van der Waals surface area contributed by atoms with Gasteiger partial charge < -0.3 is 4.74 Å². The first-order valence-electron chi connectivity index (χ1n) is 12.9. The largest absolute Gasteiger partial charge is 0.488 e. The van der Waals surface area contributed by atoms with Gasteiger partial charge in [-0.2, -0.15) is 0 Å². The minimum Gasteiger partial charge on any atom is -0.488 e. The number of thiazole rings is 1. The van der Waals surface area contributed by atoms with Crippen molar-refractivity contribution >= 4 is 62.0 Å². The van der Waals surface area contributed by atoms with Gasteiger partial charge >= 0.3 is 0 Å². The van der Waals surface area contributed by atoms with Crippen LogP contribution in [0.5, 0.6) is 5.75 Å².